The number of rotatable bonds is 8. The summed E-state index contributed by atoms with van der Waals surface area (Å²) in [5, 5.41) is 12.8. The summed E-state index contributed by atoms with van der Waals surface area (Å²) in [7, 11) is 0. The molecule has 3 aromatic rings. The fraction of sp³-hybridized carbons (Fsp3) is 0.276. The molecule has 2 aromatic carbocycles. The molecule has 42 heavy (non-hydrogen) atoms. The summed E-state index contributed by atoms with van der Waals surface area (Å²) in [6, 6.07) is 11.4. The van der Waals surface area contributed by atoms with Crippen molar-refractivity contribution >= 4 is 29.4 Å². The third kappa shape index (κ3) is 7.03. The van der Waals surface area contributed by atoms with Gasteiger partial charge < -0.3 is 20.1 Å². The van der Waals surface area contributed by atoms with Crippen LogP contribution in [0.2, 0.25) is 0 Å². The van der Waals surface area contributed by atoms with Crippen LogP contribution in [0, 0.1) is 6.92 Å². The number of anilines is 1. The van der Waals surface area contributed by atoms with Crippen LogP contribution in [0.25, 0.3) is 0 Å². The summed E-state index contributed by atoms with van der Waals surface area (Å²) in [5.74, 6) is -3.95. The van der Waals surface area contributed by atoms with Crippen LogP contribution in [0.4, 0.5) is 18.9 Å². The Morgan fingerprint density at radius 2 is 1.83 bits per heavy atom. The predicted molar refractivity (Wildman–Crippen MR) is 144 cm³/mol. The molecule has 1 atom stereocenters. The number of aromatic nitrogens is 1. The molecule has 1 aromatic heterocycles. The molecule has 0 bridgehead atoms. The van der Waals surface area contributed by atoms with Gasteiger partial charge in [0.1, 0.15) is 17.9 Å². The van der Waals surface area contributed by atoms with Gasteiger partial charge >= 0.3 is 12.1 Å². The molecule has 0 saturated carbocycles. The number of carbonyl (C=O) groups excluding carboxylic acids is 3. The molecule has 1 fully saturated rings. The number of pyridine rings is 1. The van der Waals surface area contributed by atoms with Gasteiger partial charge in [0.05, 0.1) is 11.3 Å². The zero-order chi connectivity index (χ0) is 30.6. The normalized spacial score (nSPS) is 14.8. The van der Waals surface area contributed by atoms with E-state index in [4.69, 9.17) is 4.74 Å². The lowest BCUT2D eigenvalue weighted by Crippen LogP contribution is -2.44. The van der Waals surface area contributed by atoms with Crippen LogP contribution < -0.4 is 15.0 Å². The number of likely N-dealkylation sites (tertiary alicyclic amines) is 1. The molecule has 1 saturated heterocycles. The number of nitrogens with zero attached hydrogens (tertiary/aromatic N) is 3. The number of halogens is 3. The van der Waals surface area contributed by atoms with Crippen LogP contribution >= 0.6 is 0 Å². The minimum Gasteiger partial charge on any atom is -0.478 e. The molecular formula is C29H27F3N4O6. The molecule has 1 aliphatic heterocycles. The number of benzene rings is 2. The van der Waals surface area contributed by atoms with Crippen molar-refractivity contribution in [3.05, 3.63) is 83.0 Å². The van der Waals surface area contributed by atoms with Gasteiger partial charge in [-0.05, 0) is 55.8 Å². The average molecular weight is 585 g/mol. The Morgan fingerprint density at radius 1 is 1.12 bits per heavy atom. The van der Waals surface area contributed by atoms with Crippen LogP contribution in [-0.4, -0.2) is 64.4 Å². The number of ether oxygens (including phenoxy) is 1. The van der Waals surface area contributed by atoms with Gasteiger partial charge in [0.2, 0.25) is 17.7 Å². The topological polar surface area (TPSA) is 129 Å². The molecule has 0 spiro atoms. The molecule has 1 aliphatic rings. The van der Waals surface area contributed by atoms with E-state index in [1.54, 1.807) is 12.1 Å². The molecule has 10 nitrogen and oxygen atoms in total. The Balaban J connectivity index is 1.69. The lowest BCUT2D eigenvalue weighted by Gasteiger charge is -2.27. The maximum absolute atomic E-state index is 13.7. The highest BCUT2D eigenvalue weighted by Crippen LogP contribution is 2.37. The zero-order valence-electron chi connectivity index (χ0n) is 22.6. The second-order valence-electron chi connectivity index (χ2n) is 9.72. The molecule has 0 aliphatic carbocycles. The second-order valence-corrected chi connectivity index (χ2v) is 9.72. The molecule has 13 heteroatoms. The highest BCUT2D eigenvalue weighted by atomic mass is 19.4. The summed E-state index contributed by atoms with van der Waals surface area (Å²) in [4.78, 5) is 56.8. The fourth-order valence-corrected chi connectivity index (χ4v) is 4.53. The Labute approximate surface area is 238 Å². The van der Waals surface area contributed by atoms with Crippen molar-refractivity contribution in [2.75, 3.05) is 24.5 Å². The van der Waals surface area contributed by atoms with Crippen molar-refractivity contribution in [2.45, 2.75) is 32.5 Å². The Morgan fingerprint density at radius 3 is 2.48 bits per heavy atom. The van der Waals surface area contributed by atoms with E-state index in [2.05, 4.69) is 10.3 Å². The number of nitrogens with one attached hydrogen (secondary N) is 1. The summed E-state index contributed by atoms with van der Waals surface area (Å²) in [6.45, 7) is 3.20. The van der Waals surface area contributed by atoms with E-state index >= 15 is 0 Å². The van der Waals surface area contributed by atoms with Crippen LogP contribution in [-0.2, 0) is 15.8 Å². The lowest BCUT2D eigenvalue weighted by atomic mass is 10.1. The number of carbonyl (C=O) groups is 4. The van der Waals surface area contributed by atoms with Crippen LogP contribution in [0.3, 0.4) is 0 Å². The maximum Gasteiger partial charge on any atom is 0.421 e. The van der Waals surface area contributed by atoms with Crippen molar-refractivity contribution in [3.63, 3.8) is 0 Å². The lowest BCUT2D eigenvalue weighted by molar-refractivity contribution is -0.139. The molecule has 2 N–H and O–H groups in total. The van der Waals surface area contributed by atoms with Crippen molar-refractivity contribution in [3.8, 4) is 11.6 Å². The van der Waals surface area contributed by atoms with Crippen molar-refractivity contribution in [1.29, 1.82) is 0 Å². The van der Waals surface area contributed by atoms with E-state index in [-0.39, 0.29) is 35.5 Å². The fourth-order valence-electron chi connectivity index (χ4n) is 4.53. The number of hydrogen-bond donors (Lipinski definition) is 2. The summed E-state index contributed by atoms with van der Waals surface area (Å²) >= 11 is 0. The number of aryl methyl sites for hydroxylation is 1. The first kappa shape index (κ1) is 30.0. The third-order valence-corrected chi connectivity index (χ3v) is 6.57. The molecule has 3 amide bonds. The quantitative estimate of drug-likeness (QED) is 0.404. The standard InChI is InChI=1S/C29H27F3N4O6/c1-17-5-7-19(8-6-17)27(39)36(16-25(38)35-13-11-20(15-35)34-18(2)37)24-10-9-21(14-22(24)28(40)41)42-26-23(29(30,31)32)4-3-12-33-26/h3-10,12,14,20H,11,13,15-16H2,1-2H3,(H,34,37)(H,40,41). The number of hydrogen-bond acceptors (Lipinski definition) is 6. The van der Waals surface area contributed by atoms with E-state index in [1.807, 2.05) is 6.92 Å². The molecule has 4 rings (SSSR count). The van der Waals surface area contributed by atoms with Crippen LogP contribution in [0.15, 0.2) is 60.8 Å². The Bertz CT molecular complexity index is 1510. The first-order valence-electron chi connectivity index (χ1n) is 12.8. The first-order chi connectivity index (χ1) is 19.8. The van der Waals surface area contributed by atoms with E-state index in [0.29, 0.717) is 13.0 Å². The summed E-state index contributed by atoms with van der Waals surface area (Å²) < 4.78 is 45.6. The van der Waals surface area contributed by atoms with Gasteiger partial charge in [-0.1, -0.05) is 17.7 Å². The monoisotopic (exact) mass is 584 g/mol. The van der Waals surface area contributed by atoms with Gasteiger partial charge in [-0.25, -0.2) is 9.78 Å². The molecule has 0 radical (unpaired) electrons. The third-order valence-electron chi connectivity index (χ3n) is 6.57. The highest BCUT2D eigenvalue weighted by Gasteiger charge is 2.36. The van der Waals surface area contributed by atoms with Gasteiger partial charge in [0, 0.05) is 37.8 Å². The van der Waals surface area contributed by atoms with Gasteiger partial charge in [-0.15, -0.1) is 0 Å². The van der Waals surface area contributed by atoms with E-state index < -0.39 is 47.5 Å². The number of carboxylic acids is 1. The van der Waals surface area contributed by atoms with Gasteiger partial charge in [0.25, 0.3) is 5.91 Å². The summed E-state index contributed by atoms with van der Waals surface area (Å²) in [6.07, 6.45) is -3.16. The molecular weight excluding hydrogens is 557 g/mol. The molecule has 1 unspecified atom stereocenters. The minimum atomic E-state index is -4.77. The molecule has 2 heterocycles. The van der Waals surface area contributed by atoms with Crippen LogP contribution in [0.1, 0.15) is 45.2 Å². The summed E-state index contributed by atoms with van der Waals surface area (Å²) in [5.41, 5.74) is -0.746. The first-order valence-corrected chi connectivity index (χ1v) is 12.8. The van der Waals surface area contributed by atoms with Gasteiger partial charge in [0.15, 0.2) is 0 Å². The number of aromatic carboxylic acids is 1. The smallest absolute Gasteiger partial charge is 0.421 e. The number of amides is 3. The average Bonchev–Trinajstić information content (AvgIpc) is 3.39. The molecule has 220 valence electrons. The number of alkyl halides is 3. The van der Waals surface area contributed by atoms with Crippen molar-refractivity contribution in [1.82, 2.24) is 15.2 Å². The zero-order valence-corrected chi connectivity index (χ0v) is 22.6. The van der Waals surface area contributed by atoms with Gasteiger partial charge in [-0.2, -0.15) is 13.2 Å². The SMILES string of the molecule is CC(=O)NC1CCN(C(=O)CN(C(=O)c2ccc(C)cc2)c2ccc(Oc3ncccc3C(F)(F)F)cc2C(=O)O)C1. The Hall–Kier alpha value is -4.94. The Kier molecular flexibility index (Phi) is 8.79. The predicted octanol–water partition coefficient (Wildman–Crippen LogP) is 4.28. The maximum atomic E-state index is 13.7. The minimum absolute atomic E-state index is 0.163. The second kappa shape index (κ2) is 12.3. The van der Waals surface area contributed by atoms with Gasteiger partial charge in [-0.3, -0.25) is 19.3 Å². The van der Waals surface area contributed by atoms with Crippen LogP contribution in [0.5, 0.6) is 11.6 Å². The largest absolute Gasteiger partial charge is 0.478 e. The van der Waals surface area contributed by atoms with E-state index in [9.17, 15) is 37.5 Å². The van der Waals surface area contributed by atoms with Crippen molar-refractivity contribution < 1.29 is 42.2 Å². The van der Waals surface area contributed by atoms with E-state index in [0.717, 1.165) is 34.9 Å². The van der Waals surface area contributed by atoms with E-state index in [1.165, 1.54) is 36.1 Å². The number of carboxylic acid groups (broad SMARTS) is 1. The van der Waals surface area contributed by atoms with Crippen molar-refractivity contribution in [2.24, 2.45) is 0 Å². The highest BCUT2D eigenvalue weighted by molar-refractivity contribution is 6.11.